The molecule has 0 spiro atoms. The average molecular weight is 672 g/mol. The van der Waals surface area contributed by atoms with Gasteiger partial charge >= 0.3 is 0 Å². The van der Waals surface area contributed by atoms with E-state index in [0.29, 0.717) is 45.9 Å². The minimum Gasteiger partial charge on any atom is -0.395 e. The zero-order valence-corrected chi connectivity index (χ0v) is 27.5. The second kappa shape index (κ2) is 12.6. The van der Waals surface area contributed by atoms with Gasteiger partial charge in [0.2, 0.25) is 0 Å². The highest BCUT2D eigenvalue weighted by atomic mass is 35.5. The summed E-state index contributed by atoms with van der Waals surface area (Å²) in [7, 11) is -3.86. The number of anilines is 1. The smallest absolute Gasteiger partial charge is 0.256 e. The number of halogens is 2. The lowest BCUT2D eigenvalue weighted by Crippen LogP contribution is -2.45. The van der Waals surface area contributed by atoms with Crippen molar-refractivity contribution in [3.8, 4) is 0 Å². The van der Waals surface area contributed by atoms with Crippen LogP contribution in [0.2, 0.25) is 10.0 Å². The Kier molecular flexibility index (Phi) is 8.88. The van der Waals surface area contributed by atoms with Crippen molar-refractivity contribution in [2.75, 3.05) is 31.6 Å². The molecule has 238 valence electrons. The normalized spacial score (nSPS) is 21.1. The minimum atomic E-state index is -3.86. The lowest BCUT2D eigenvalue weighted by atomic mass is 10.0. The van der Waals surface area contributed by atoms with Gasteiger partial charge in [-0.1, -0.05) is 29.3 Å². The highest BCUT2D eigenvalue weighted by Gasteiger charge is 2.36. The largest absolute Gasteiger partial charge is 0.395 e. The molecular formula is C33H36Cl2N4O5S. The van der Waals surface area contributed by atoms with Gasteiger partial charge in [0, 0.05) is 63.4 Å². The number of nitrogens with zero attached hydrogens (tertiary/aromatic N) is 2. The van der Waals surface area contributed by atoms with E-state index in [2.05, 4.69) is 15.2 Å². The molecular weight excluding hydrogens is 635 g/mol. The summed E-state index contributed by atoms with van der Waals surface area (Å²) in [4.78, 5) is 34.6. The molecule has 4 heterocycles. The van der Waals surface area contributed by atoms with Crippen molar-refractivity contribution < 1.29 is 23.1 Å². The van der Waals surface area contributed by atoms with Crippen LogP contribution in [0.15, 0.2) is 41.3 Å². The van der Waals surface area contributed by atoms with Crippen molar-refractivity contribution in [2.45, 2.75) is 62.3 Å². The van der Waals surface area contributed by atoms with Crippen molar-refractivity contribution in [1.82, 2.24) is 14.8 Å². The minimum absolute atomic E-state index is 0.0383. The van der Waals surface area contributed by atoms with Gasteiger partial charge in [0.05, 0.1) is 28.4 Å². The molecule has 0 saturated carbocycles. The van der Waals surface area contributed by atoms with Crippen LogP contribution in [0.1, 0.15) is 64.1 Å². The number of hydrogen-bond acceptors (Lipinski definition) is 6. The van der Waals surface area contributed by atoms with Crippen molar-refractivity contribution in [1.29, 1.82) is 0 Å². The van der Waals surface area contributed by atoms with Gasteiger partial charge in [-0.15, -0.1) is 0 Å². The van der Waals surface area contributed by atoms with Gasteiger partial charge < -0.3 is 20.3 Å². The summed E-state index contributed by atoms with van der Waals surface area (Å²) < 4.78 is 26.8. The van der Waals surface area contributed by atoms with E-state index in [4.69, 9.17) is 23.2 Å². The Hall–Kier alpha value is -3.15. The molecule has 6 rings (SSSR count). The van der Waals surface area contributed by atoms with Crippen molar-refractivity contribution >= 4 is 62.2 Å². The zero-order chi connectivity index (χ0) is 32.0. The van der Waals surface area contributed by atoms with Crippen LogP contribution in [0.4, 0.5) is 5.69 Å². The molecule has 1 aromatic heterocycles. The summed E-state index contributed by atoms with van der Waals surface area (Å²) in [5.74, 6) is -0.797. The van der Waals surface area contributed by atoms with Gasteiger partial charge in [-0.25, -0.2) is 8.42 Å². The second-order valence-electron chi connectivity index (χ2n) is 12.1. The fraction of sp³-hybridized carbons (Fsp3) is 0.394. The van der Waals surface area contributed by atoms with E-state index >= 15 is 0 Å². The monoisotopic (exact) mass is 670 g/mol. The first-order valence-corrected chi connectivity index (χ1v) is 17.6. The molecule has 2 fully saturated rings. The number of rotatable bonds is 8. The first-order chi connectivity index (χ1) is 21.5. The molecule has 12 heteroatoms. The fourth-order valence-electron chi connectivity index (χ4n) is 6.88. The van der Waals surface area contributed by atoms with E-state index in [9.17, 15) is 23.1 Å². The number of aryl methyl sites for hydroxylation is 1. The third kappa shape index (κ3) is 6.06. The van der Waals surface area contributed by atoms with E-state index < -0.39 is 9.84 Å². The summed E-state index contributed by atoms with van der Waals surface area (Å²) in [5.41, 5.74) is 4.19. The van der Waals surface area contributed by atoms with Gasteiger partial charge in [0.15, 0.2) is 9.84 Å². The highest BCUT2D eigenvalue weighted by molar-refractivity contribution is 7.90. The number of aliphatic hydroxyl groups excluding tert-OH is 1. The standard InChI is InChI=1S/C33H36Cl2N4O5S/c1-19-30(36-20(2)31(19)33(42)39-13-5-6-21(39)16-38-12-4-7-22(38)17-40)15-25-24-14-23(10-11-29(24)37-32(25)41)45(43,44)18-26-27(34)8-3-9-28(26)35/h3,8-11,14-15,21-22,36,40H,4-7,12-13,16-18H2,1-2H3,(H,37,41)/b25-15-/t21-,22+/m1/s1. The maximum absolute atomic E-state index is 13.9. The summed E-state index contributed by atoms with van der Waals surface area (Å²) in [5, 5.41) is 13.1. The molecule has 0 radical (unpaired) electrons. The third-order valence-electron chi connectivity index (χ3n) is 9.30. The number of benzene rings is 2. The number of aromatic amines is 1. The van der Waals surface area contributed by atoms with Crippen LogP contribution in [-0.4, -0.2) is 78.4 Å². The number of hydrogen-bond donors (Lipinski definition) is 3. The molecule has 45 heavy (non-hydrogen) atoms. The Morgan fingerprint density at radius 1 is 1.07 bits per heavy atom. The maximum Gasteiger partial charge on any atom is 0.256 e. The summed E-state index contributed by atoms with van der Waals surface area (Å²) >= 11 is 12.5. The van der Waals surface area contributed by atoms with E-state index in [1.807, 2.05) is 18.7 Å². The molecule has 3 aliphatic rings. The number of carbonyl (C=O) groups excluding carboxylic acids is 2. The lowest BCUT2D eigenvalue weighted by Gasteiger charge is -2.31. The summed E-state index contributed by atoms with van der Waals surface area (Å²) in [6.45, 7) is 6.20. The SMILES string of the molecule is Cc1[nH]c(/C=C2\C(=O)Nc3ccc(S(=O)(=O)Cc4c(Cl)cccc4Cl)cc32)c(C)c1C(=O)N1CCC[C@@H]1CN1CCC[C@H]1CO. The molecule has 3 N–H and O–H groups in total. The van der Waals surface area contributed by atoms with Crippen molar-refractivity contribution in [3.63, 3.8) is 0 Å². The predicted octanol–water partition coefficient (Wildman–Crippen LogP) is 5.47. The number of amides is 2. The Bertz CT molecular complexity index is 1800. The summed E-state index contributed by atoms with van der Waals surface area (Å²) in [6.07, 6.45) is 5.56. The third-order valence-corrected chi connectivity index (χ3v) is 11.7. The quantitative estimate of drug-likeness (QED) is 0.273. The molecule has 3 aliphatic heterocycles. The number of likely N-dealkylation sites (tertiary alicyclic amines) is 2. The molecule has 2 aromatic carbocycles. The van der Waals surface area contributed by atoms with Crippen LogP contribution in [0.3, 0.4) is 0 Å². The Balaban J connectivity index is 1.28. The fourth-order valence-corrected chi connectivity index (χ4v) is 9.00. The topological polar surface area (TPSA) is 123 Å². The molecule has 2 atom stereocenters. The molecule has 3 aromatic rings. The molecule has 2 amide bonds. The number of H-pyrrole nitrogens is 1. The second-order valence-corrected chi connectivity index (χ2v) is 14.9. The number of nitrogens with one attached hydrogen (secondary N) is 2. The predicted molar refractivity (Wildman–Crippen MR) is 176 cm³/mol. The number of carbonyl (C=O) groups is 2. The van der Waals surface area contributed by atoms with Crippen LogP contribution in [0, 0.1) is 13.8 Å². The van der Waals surface area contributed by atoms with Crippen LogP contribution in [0.5, 0.6) is 0 Å². The first kappa shape index (κ1) is 31.8. The first-order valence-electron chi connectivity index (χ1n) is 15.2. The molecule has 0 bridgehead atoms. The zero-order valence-electron chi connectivity index (χ0n) is 25.2. The van der Waals surface area contributed by atoms with Crippen LogP contribution >= 0.6 is 23.2 Å². The van der Waals surface area contributed by atoms with Gasteiger partial charge in [-0.05, 0) is 88.0 Å². The van der Waals surface area contributed by atoms with Gasteiger partial charge in [-0.3, -0.25) is 14.5 Å². The highest BCUT2D eigenvalue weighted by Crippen LogP contribution is 2.37. The number of aromatic nitrogens is 1. The molecule has 9 nitrogen and oxygen atoms in total. The van der Waals surface area contributed by atoms with Gasteiger partial charge in [0.25, 0.3) is 11.8 Å². The summed E-state index contributed by atoms with van der Waals surface area (Å²) in [6, 6.07) is 9.59. The van der Waals surface area contributed by atoms with E-state index in [1.54, 1.807) is 30.3 Å². The van der Waals surface area contributed by atoms with E-state index in [0.717, 1.165) is 44.3 Å². The van der Waals surface area contributed by atoms with E-state index in [1.165, 1.54) is 12.1 Å². The number of aliphatic hydroxyl groups is 1. The van der Waals surface area contributed by atoms with Crippen LogP contribution in [-0.2, 0) is 20.4 Å². The number of fused-ring (bicyclic) bond motifs is 1. The molecule has 2 saturated heterocycles. The van der Waals surface area contributed by atoms with Gasteiger partial charge in [0.1, 0.15) is 0 Å². The van der Waals surface area contributed by atoms with Crippen LogP contribution < -0.4 is 5.32 Å². The van der Waals surface area contributed by atoms with E-state index in [-0.39, 0.29) is 51.2 Å². The Labute approximate surface area is 273 Å². The Morgan fingerprint density at radius 2 is 1.78 bits per heavy atom. The van der Waals surface area contributed by atoms with Crippen LogP contribution in [0.25, 0.3) is 11.6 Å². The van der Waals surface area contributed by atoms with Crippen molar-refractivity contribution in [3.05, 3.63) is 80.1 Å². The van der Waals surface area contributed by atoms with Gasteiger partial charge in [-0.2, -0.15) is 0 Å². The molecule has 0 aliphatic carbocycles. The molecule has 0 unspecified atom stereocenters. The lowest BCUT2D eigenvalue weighted by molar-refractivity contribution is -0.110. The average Bonchev–Trinajstić information content (AvgIpc) is 3.78. The maximum atomic E-state index is 13.9. The Morgan fingerprint density at radius 3 is 2.51 bits per heavy atom. The van der Waals surface area contributed by atoms with Crippen molar-refractivity contribution in [2.24, 2.45) is 0 Å². The number of sulfone groups is 1.